The smallest absolute Gasteiger partial charge is 0.400 e. The summed E-state index contributed by atoms with van der Waals surface area (Å²) in [6.45, 7) is 13.5. The van der Waals surface area contributed by atoms with E-state index in [0.29, 0.717) is 5.47 Å². The molecule has 120 valence electrons. The summed E-state index contributed by atoms with van der Waals surface area (Å²) in [5.74, 6) is -0.188. The van der Waals surface area contributed by atoms with Gasteiger partial charge in [-0.25, -0.2) is 8.42 Å². The summed E-state index contributed by atoms with van der Waals surface area (Å²) in [7, 11) is -4.15. The van der Waals surface area contributed by atoms with E-state index >= 15 is 0 Å². The van der Waals surface area contributed by atoms with Gasteiger partial charge < -0.3 is 9.31 Å². The molecule has 0 aromatic heterocycles. The SMILES string of the molecule is C=C(CS(=O)(=O)c1ccc(C)cc1)B1OC(C)(C)C(C)(C)O1. The van der Waals surface area contributed by atoms with Gasteiger partial charge in [-0.3, -0.25) is 0 Å². The predicted molar refractivity (Wildman–Crippen MR) is 88.5 cm³/mol. The molecule has 1 saturated heterocycles. The zero-order valence-electron chi connectivity index (χ0n) is 13.8. The maximum absolute atomic E-state index is 12.5. The molecule has 1 fully saturated rings. The summed E-state index contributed by atoms with van der Waals surface area (Å²) in [5, 5.41) is 0. The topological polar surface area (TPSA) is 52.6 Å². The lowest BCUT2D eigenvalue weighted by molar-refractivity contribution is 0.00578. The molecule has 1 aliphatic rings. The molecule has 22 heavy (non-hydrogen) atoms. The van der Waals surface area contributed by atoms with Gasteiger partial charge >= 0.3 is 7.12 Å². The van der Waals surface area contributed by atoms with E-state index < -0.39 is 28.2 Å². The molecule has 4 nitrogen and oxygen atoms in total. The number of hydrogen-bond acceptors (Lipinski definition) is 4. The molecule has 0 N–H and O–H groups in total. The average molecular weight is 322 g/mol. The predicted octanol–water partition coefficient (Wildman–Crippen LogP) is 2.96. The highest BCUT2D eigenvalue weighted by molar-refractivity contribution is 7.91. The summed E-state index contributed by atoms with van der Waals surface area (Å²) in [4.78, 5) is 0.288. The van der Waals surface area contributed by atoms with Crippen molar-refractivity contribution in [2.75, 3.05) is 5.75 Å². The van der Waals surface area contributed by atoms with Crippen molar-refractivity contribution in [1.82, 2.24) is 0 Å². The Hall–Kier alpha value is -1.11. The van der Waals surface area contributed by atoms with Crippen LogP contribution in [0.3, 0.4) is 0 Å². The third kappa shape index (κ3) is 3.29. The Kier molecular flexibility index (Phi) is 4.32. The van der Waals surface area contributed by atoms with Gasteiger partial charge in [0, 0.05) is 0 Å². The third-order valence-corrected chi connectivity index (χ3v) is 6.08. The summed E-state index contributed by atoms with van der Waals surface area (Å²) in [5.41, 5.74) is 0.422. The lowest BCUT2D eigenvalue weighted by Crippen LogP contribution is -2.41. The first-order chi connectivity index (χ1) is 9.95. The van der Waals surface area contributed by atoms with Gasteiger partial charge in [-0.2, -0.15) is 0 Å². The van der Waals surface area contributed by atoms with Crippen LogP contribution in [-0.4, -0.2) is 32.5 Å². The molecule has 1 aromatic carbocycles. The van der Waals surface area contributed by atoms with Gasteiger partial charge in [-0.1, -0.05) is 17.7 Å². The Morgan fingerprint density at radius 3 is 2.00 bits per heavy atom. The second-order valence-electron chi connectivity index (χ2n) is 6.82. The number of hydrogen-bond donors (Lipinski definition) is 0. The van der Waals surface area contributed by atoms with Gasteiger partial charge in [0.2, 0.25) is 0 Å². The van der Waals surface area contributed by atoms with Crippen LogP contribution in [0, 0.1) is 6.92 Å². The molecule has 0 saturated carbocycles. The fourth-order valence-electron chi connectivity index (χ4n) is 2.15. The first-order valence-corrected chi connectivity index (χ1v) is 8.93. The maximum Gasteiger partial charge on any atom is 0.491 e. The fourth-order valence-corrected chi connectivity index (χ4v) is 3.49. The zero-order valence-corrected chi connectivity index (χ0v) is 14.7. The van der Waals surface area contributed by atoms with Crippen LogP contribution in [0.5, 0.6) is 0 Å². The molecule has 0 bridgehead atoms. The van der Waals surface area contributed by atoms with Crippen molar-refractivity contribution in [3.05, 3.63) is 41.9 Å². The van der Waals surface area contributed by atoms with Crippen LogP contribution in [0.1, 0.15) is 33.3 Å². The minimum atomic E-state index is -3.45. The Morgan fingerprint density at radius 2 is 1.55 bits per heavy atom. The quantitative estimate of drug-likeness (QED) is 0.800. The lowest BCUT2D eigenvalue weighted by atomic mass is 9.81. The highest BCUT2D eigenvalue weighted by Gasteiger charge is 2.52. The Balaban J connectivity index is 2.14. The standard InChI is InChI=1S/C16H23BO4S/c1-12-7-9-14(10-8-12)22(18,19)11-13(2)17-20-15(3,4)16(5,6)21-17/h7-10H,2,11H2,1,3-6H3. The van der Waals surface area contributed by atoms with Gasteiger partial charge in [0.25, 0.3) is 0 Å². The second kappa shape index (κ2) is 5.51. The molecule has 0 atom stereocenters. The van der Waals surface area contributed by atoms with Crippen LogP contribution >= 0.6 is 0 Å². The summed E-state index contributed by atoms with van der Waals surface area (Å²) >= 11 is 0. The number of aryl methyl sites for hydroxylation is 1. The van der Waals surface area contributed by atoms with E-state index in [-0.39, 0.29) is 10.6 Å². The largest absolute Gasteiger partial charge is 0.491 e. The van der Waals surface area contributed by atoms with Gasteiger partial charge in [-0.05, 0) is 52.2 Å². The summed E-state index contributed by atoms with van der Waals surface area (Å²) in [6, 6.07) is 6.79. The molecular formula is C16H23BO4S. The molecule has 2 rings (SSSR count). The number of rotatable bonds is 4. The van der Waals surface area contributed by atoms with Crippen molar-refractivity contribution in [2.24, 2.45) is 0 Å². The van der Waals surface area contributed by atoms with E-state index in [1.807, 2.05) is 34.6 Å². The zero-order chi connectivity index (χ0) is 16.8. The van der Waals surface area contributed by atoms with E-state index in [1.54, 1.807) is 24.3 Å². The minimum absolute atomic E-state index is 0.188. The first kappa shape index (κ1) is 17.3. The van der Waals surface area contributed by atoms with Crippen molar-refractivity contribution < 1.29 is 17.7 Å². The Bertz CT molecular complexity index is 659. The molecule has 1 aliphatic heterocycles. The molecule has 0 radical (unpaired) electrons. The van der Waals surface area contributed by atoms with E-state index in [0.717, 1.165) is 5.56 Å². The molecule has 6 heteroatoms. The minimum Gasteiger partial charge on any atom is -0.400 e. The Morgan fingerprint density at radius 1 is 1.09 bits per heavy atom. The lowest BCUT2D eigenvalue weighted by Gasteiger charge is -2.32. The molecule has 0 amide bonds. The van der Waals surface area contributed by atoms with Crippen LogP contribution in [-0.2, 0) is 19.1 Å². The summed E-state index contributed by atoms with van der Waals surface area (Å²) < 4.78 is 36.6. The molecule has 0 spiro atoms. The van der Waals surface area contributed by atoms with Crippen molar-refractivity contribution in [3.63, 3.8) is 0 Å². The average Bonchev–Trinajstić information content (AvgIpc) is 2.58. The first-order valence-electron chi connectivity index (χ1n) is 7.27. The van der Waals surface area contributed by atoms with Crippen LogP contribution in [0.2, 0.25) is 0 Å². The third-order valence-electron chi connectivity index (χ3n) is 4.34. The molecule has 0 aliphatic carbocycles. The van der Waals surface area contributed by atoms with Gasteiger partial charge in [-0.15, -0.1) is 6.58 Å². The van der Waals surface area contributed by atoms with Crippen molar-refractivity contribution in [1.29, 1.82) is 0 Å². The maximum atomic E-state index is 12.5. The van der Waals surface area contributed by atoms with Gasteiger partial charge in [0.15, 0.2) is 9.84 Å². The Labute approximate surface area is 133 Å². The van der Waals surface area contributed by atoms with Gasteiger partial charge in [0.1, 0.15) is 0 Å². The normalized spacial score (nSPS) is 20.1. The van der Waals surface area contributed by atoms with Crippen LogP contribution in [0.15, 0.2) is 41.2 Å². The fraction of sp³-hybridized carbons (Fsp3) is 0.500. The summed E-state index contributed by atoms with van der Waals surface area (Å²) in [6.07, 6.45) is 0. The van der Waals surface area contributed by atoms with Crippen LogP contribution in [0.4, 0.5) is 0 Å². The van der Waals surface area contributed by atoms with Crippen molar-refractivity contribution in [3.8, 4) is 0 Å². The number of benzene rings is 1. The molecular weight excluding hydrogens is 299 g/mol. The van der Waals surface area contributed by atoms with Gasteiger partial charge in [0.05, 0.1) is 21.9 Å². The van der Waals surface area contributed by atoms with Crippen LogP contribution in [0.25, 0.3) is 0 Å². The number of sulfone groups is 1. The van der Waals surface area contributed by atoms with E-state index in [1.165, 1.54) is 0 Å². The molecule has 0 unspecified atom stereocenters. The highest BCUT2D eigenvalue weighted by atomic mass is 32.2. The second-order valence-corrected chi connectivity index (χ2v) is 8.81. The van der Waals surface area contributed by atoms with Crippen molar-refractivity contribution in [2.45, 2.75) is 50.7 Å². The van der Waals surface area contributed by atoms with Crippen molar-refractivity contribution >= 4 is 17.0 Å². The van der Waals surface area contributed by atoms with Crippen LogP contribution < -0.4 is 0 Å². The van der Waals surface area contributed by atoms with E-state index in [2.05, 4.69) is 6.58 Å². The molecule has 1 heterocycles. The monoisotopic (exact) mass is 322 g/mol. The highest BCUT2D eigenvalue weighted by Crippen LogP contribution is 2.38. The molecule has 1 aromatic rings. The van der Waals surface area contributed by atoms with E-state index in [4.69, 9.17) is 9.31 Å². The van der Waals surface area contributed by atoms with E-state index in [9.17, 15) is 8.42 Å².